The van der Waals surface area contributed by atoms with E-state index in [4.69, 9.17) is 5.11 Å². The molecule has 2 atom stereocenters. The molecule has 1 heterocycles. The van der Waals surface area contributed by atoms with Crippen LogP contribution in [0, 0.1) is 11.8 Å². The maximum Gasteiger partial charge on any atom is 0.306 e. The number of imide groups is 1. The van der Waals surface area contributed by atoms with Crippen LogP contribution in [-0.2, 0) is 9.59 Å². The maximum atomic E-state index is 12.2. The number of amides is 3. The third kappa shape index (κ3) is 2.89. The van der Waals surface area contributed by atoms with Gasteiger partial charge >= 0.3 is 5.97 Å². The lowest BCUT2D eigenvalue weighted by Gasteiger charge is -2.16. The van der Waals surface area contributed by atoms with Gasteiger partial charge in [-0.2, -0.15) is 0 Å². The molecule has 0 saturated heterocycles. The third-order valence-electron chi connectivity index (χ3n) is 4.67. The van der Waals surface area contributed by atoms with Crippen LogP contribution in [0.25, 0.3) is 0 Å². The van der Waals surface area contributed by atoms with Crippen molar-refractivity contribution < 1.29 is 24.3 Å². The van der Waals surface area contributed by atoms with Gasteiger partial charge in [0, 0.05) is 19.0 Å². The van der Waals surface area contributed by atoms with Crippen LogP contribution in [-0.4, -0.2) is 46.8 Å². The van der Waals surface area contributed by atoms with E-state index >= 15 is 0 Å². The average molecular weight is 330 g/mol. The molecule has 7 heteroatoms. The Morgan fingerprint density at radius 1 is 1.08 bits per heavy atom. The number of aliphatic carboxylic acids is 1. The number of carbonyl (C=O) groups excluding carboxylic acids is 3. The predicted octanol–water partition coefficient (Wildman–Crippen LogP) is 0.900. The minimum Gasteiger partial charge on any atom is -0.481 e. The lowest BCUT2D eigenvalue weighted by molar-refractivity contribution is -0.141. The Bertz CT molecular complexity index is 680. The number of benzene rings is 1. The standard InChI is InChI=1S/C17H18N2O5/c20-14(10-5-6-11(9-10)17(23)24)18-7-8-19-15(21)12-3-1-2-4-13(12)16(19)22/h1-4,10-11H,5-9H2,(H,18,20)(H,23,24)/t10-,11+/m0/s1. The summed E-state index contributed by atoms with van der Waals surface area (Å²) >= 11 is 0. The molecule has 0 bridgehead atoms. The van der Waals surface area contributed by atoms with E-state index in [9.17, 15) is 19.2 Å². The van der Waals surface area contributed by atoms with E-state index < -0.39 is 11.9 Å². The highest BCUT2D eigenvalue weighted by atomic mass is 16.4. The average Bonchev–Trinajstić information content (AvgIpc) is 3.15. The van der Waals surface area contributed by atoms with Crippen molar-refractivity contribution in [1.29, 1.82) is 0 Å². The molecular formula is C17H18N2O5. The van der Waals surface area contributed by atoms with E-state index in [1.54, 1.807) is 24.3 Å². The second kappa shape index (κ2) is 6.43. The van der Waals surface area contributed by atoms with Gasteiger partial charge in [-0.3, -0.25) is 24.1 Å². The largest absolute Gasteiger partial charge is 0.481 e. The van der Waals surface area contributed by atoms with Crippen molar-refractivity contribution in [2.45, 2.75) is 19.3 Å². The Morgan fingerprint density at radius 3 is 2.21 bits per heavy atom. The van der Waals surface area contributed by atoms with Gasteiger partial charge in [-0.15, -0.1) is 0 Å². The minimum absolute atomic E-state index is 0.104. The van der Waals surface area contributed by atoms with Crippen LogP contribution in [0.3, 0.4) is 0 Å². The zero-order valence-corrected chi connectivity index (χ0v) is 13.0. The van der Waals surface area contributed by atoms with Gasteiger partial charge in [-0.05, 0) is 31.4 Å². The summed E-state index contributed by atoms with van der Waals surface area (Å²) in [5.74, 6) is -2.55. The summed E-state index contributed by atoms with van der Waals surface area (Å²) in [5.41, 5.74) is 0.767. The molecule has 1 aromatic rings. The van der Waals surface area contributed by atoms with E-state index in [1.165, 1.54) is 0 Å². The van der Waals surface area contributed by atoms with Crippen molar-refractivity contribution in [3.8, 4) is 0 Å². The highest BCUT2D eigenvalue weighted by Crippen LogP contribution is 2.31. The summed E-state index contributed by atoms with van der Waals surface area (Å²) in [7, 11) is 0. The van der Waals surface area contributed by atoms with Crippen LogP contribution >= 0.6 is 0 Å². The molecule has 1 aliphatic heterocycles. The van der Waals surface area contributed by atoms with E-state index in [-0.39, 0.29) is 36.7 Å². The van der Waals surface area contributed by atoms with Crippen molar-refractivity contribution in [2.24, 2.45) is 11.8 Å². The Hall–Kier alpha value is -2.70. The van der Waals surface area contributed by atoms with Gasteiger partial charge in [0.2, 0.25) is 5.91 Å². The molecule has 1 aromatic carbocycles. The second-order valence-corrected chi connectivity index (χ2v) is 6.14. The lowest BCUT2D eigenvalue weighted by Crippen LogP contribution is -2.39. The molecule has 1 saturated carbocycles. The molecule has 1 aliphatic carbocycles. The Labute approximate surface area is 138 Å². The van der Waals surface area contributed by atoms with Gasteiger partial charge in [0.1, 0.15) is 0 Å². The smallest absolute Gasteiger partial charge is 0.306 e. The van der Waals surface area contributed by atoms with Gasteiger partial charge < -0.3 is 10.4 Å². The first kappa shape index (κ1) is 16.2. The number of nitrogens with one attached hydrogen (secondary N) is 1. The molecule has 1 fully saturated rings. The van der Waals surface area contributed by atoms with Gasteiger partial charge in [-0.25, -0.2) is 0 Å². The summed E-state index contributed by atoms with van der Waals surface area (Å²) in [6.07, 6.45) is 1.40. The Balaban J connectivity index is 1.51. The minimum atomic E-state index is -0.865. The molecule has 2 N–H and O–H groups in total. The maximum absolute atomic E-state index is 12.2. The molecule has 126 valence electrons. The first-order valence-corrected chi connectivity index (χ1v) is 7.94. The molecule has 0 unspecified atom stereocenters. The third-order valence-corrected chi connectivity index (χ3v) is 4.67. The SMILES string of the molecule is O=C(O)[C@@H]1CC[C@H](C(=O)NCCN2C(=O)c3ccccc3C2=O)C1. The van der Waals surface area contributed by atoms with Crippen molar-refractivity contribution in [3.05, 3.63) is 35.4 Å². The fraction of sp³-hybridized carbons (Fsp3) is 0.412. The lowest BCUT2D eigenvalue weighted by atomic mass is 10.0. The number of rotatable bonds is 5. The monoisotopic (exact) mass is 330 g/mol. The number of fused-ring (bicyclic) bond motifs is 1. The van der Waals surface area contributed by atoms with Crippen molar-refractivity contribution in [2.75, 3.05) is 13.1 Å². The van der Waals surface area contributed by atoms with Gasteiger partial charge in [0.15, 0.2) is 0 Å². The Kier molecular flexibility index (Phi) is 4.33. The van der Waals surface area contributed by atoms with Gasteiger partial charge in [0.05, 0.1) is 17.0 Å². The molecule has 0 aromatic heterocycles. The normalized spacial score (nSPS) is 22.6. The second-order valence-electron chi connectivity index (χ2n) is 6.14. The fourth-order valence-corrected chi connectivity index (χ4v) is 3.32. The fourth-order valence-electron chi connectivity index (χ4n) is 3.32. The number of hydrogen-bond donors (Lipinski definition) is 2. The van der Waals surface area contributed by atoms with Crippen LogP contribution in [0.5, 0.6) is 0 Å². The molecule has 0 spiro atoms. The highest BCUT2D eigenvalue weighted by Gasteiger charge is 2.36. The van der Waals surface area contributed by atoms with Crippen LogP contribution in [0.2, 0.25) is 0 Å². The summed E-state index contributed by atoms with van der Waals surface area (Å²) in [4.78, 5) is 48.5. The van der Waals surface area contributed by atoms with Crippen LogP contribution in [0.1, 0.15) is 40.0 Å². The number of carboxylic acids is 1. The van der Waals surface area contributed by atoms with Crippen LogP contribution in [0.4, 0.5) is 0 Å². The predicted molar refractivity (Wildman–Crippen MR) is 83.3 cm³/mol. The topological polar surface area (TPSA) is 104 Å². The molecule has 2 aliphatic rings. The molecule has 3 amide bonds. The molecule has 3 rings (SSSR count). The number of hydrogen-bond acceptors (Lipinski definition) is 4. The van der Waals surface area contributed by atoms with E-state index in [2.05, 4.69) is 5.32 Å². The van der Waals surface area contributed by atoms with E-state index in [0.717, 1.165) is 4.90 Å². The molecule has 7 nitrogen and oxygen atoms in total. The zero-order valence-electron chi connectivity index (χ0n) is 13.0. The molecule has 24 heavy (non-hydrogen) atoms. The van der Waals surface area contributed by atoms with Crippen LogP contribution in [0.15, 0.2) is 24.3 Å². The van der Waals surface area contributed by atoms with Crippen molar-refractivity contribution in [1.82, 2.24) is 10.2 Å². The summed E-state index contributed by atoms with van der Waals surface area (Å²) in [6, 6.07) is 6.62. The zero-order chi connectivity index (χ0) is 17.3. The summed E-state index contributed by atoms with van der Waals surface area (Å²) < 4.78 is 0. The van der Waals surface area contributed by atoms with Gasteiger partial charge in [-0.1, -0.05) is 12.1 Å². The molecular weight excluding hydrogens is 312 g/mol. The van der Waals surface area contributed by atoms with Crippen molar-refractivity contribution >= 4 is 23.7 Å². The summed E-state index contributed by atoms with van der Waals surface area (Å²) in [5, 5.41) is 11.7. The number of nitrogens with zero attached hydrogens (tertiary/aromatic N) is 1. The first-order chi connectivity index (χ1) is 11.5. The van der Waals surface area contributed by atoms with E-state index in [0.29, 0.717) is 30.4 Å². The Morgan fingerprint density at radius 2 is 1.67 bits per heavy atom. The highest BCUT2D eigenvalue weighted by molar-refractivity contribution is 6.21. The molecule has 0 radical (unpaired) electrons. The van der Waals surface area contributed by atoms with Crippen molar-refractivity contribution in [3.63, 3.8) is 0 Å². The first-order valence-electron chi connectivity index (χ1n) is 7.94. The number of carboxylic acid groups (broad SMARTS) is 1. The number of carbonyl (C=O) groups is 4. The summed E-state index contributed by atoms with van der Waals surface area (Å²) in [6.45, 7) is 0.270. The van der Waals surface area contributed by atoms with Crippen LogP contribution < -0.4 is 5.32 Å². The van der Waals surface area contributed by atoms with E-state index in [1.807, 2.05) is 0 Å². The van der Waals surface area contributed by atoms with Gasteiger partial charge in [0.25, 0.3) is 11.8 Å². The quantitative estimate of drug-likeness (QED) is 0.781.